The minimum atomic E-state index is -0.360. The normalized spacial score (nSPS) is 12.2. The van der Waals surface area contributed by atoms with Crippen LogP contribution in [0.5, 0.6) is 0 Å². The predicted molar refractivity (Wildman–Crippen MR) is 83.2 cm³/mol. The number of nitrogens with two attached hydrogens (primary N) is 1. The fraction of sp³-hybridized carbons (Fsp3) is 0.167. The molecule has 1 atom stereocenters. The Morgan fingerprint density at radius 3 is 2.14 bits per heavy atom. The van der Waals surface area contributed by atoms with Gasteiger partial charge in [0.2, 0.25) is 0 Å². The zero-order valence-corrected chi connectivity index (χ0v) is 11.8. The first kappa shape index (κ1) is 14.9. The molecular weight excluding hydrogens is 262 g/mol. The Morgan fingerprint density at radius 2 is 1.57 bits per heavy atom. The van der Waals surface area contributed by atoms with Gasteiger partial charge >= 0.3 is 5.97 Å². The number of hydrogen-bond acceptors (Lipinski definition) is 3. The molecule has 0 saturated heterocycles. The van der Waals surface area contributed by atoms with Gasteiger partial charge in [-0.2, -0.15) is 0 Å². The first-order valence-corrected chi connectivity index (χ1v) is 6.92. The molecule has 0 spiro atoms. The highest BCUT2D eigenvalue weighted by Gasteiger charge is 2.17. The molecule has 0 heterocycles. The lowest BCUT2D eigenvalue weighted by atomic mass is 9.99. The van der Waals surface area contributed by atoms with Crippen LogP contribution in [0.3, 0.4) is 0 Å². The van der Waals surface area contributed by atoms with Gasteiger partial charge in [0, 0.05) is 0 Å². The minimum Gasteiger partial charge on any atom is -0.460 e. The van der Waals surface area contributed by atoms with Crippen molar-refractivity contribution in [3.63, 3.8) is 0 Å². The zero-order chi connectivity index (χ0) is 14.9. The monoisotopic (exact) mass is 281 g/mol. The summed E-state index contributed by atoms with van der Waals surface area (Å²) in [5.41, 5.74) is 7.49. The lowest BCUT2D eigenvalue weighted by molar-refractivity contribution is -0.148. The summed E-state index contributed by atoms with van der Waals surface area (Å²) in [6, 6.07) is 19.5. The molecular formula is C18H19NO2. The molecule has 2 aromatic carbocycles. The van der Waals surface area contributed by atoms with Crippen LogP contribution in [-0.2, 0) is 22.6 Å². The van der Waals surface area contributed by atoms with Crippen molar-refractivity contribution in [1.29, 1.82) is 0 Å². The summed E-state index contributed by atoms with van der Waals surface area (Å²) < 4.78 is 5.37. The van der Waals surface area contributed by atoms with Crippen molar-refractivity contribution >= 4 is 5.97 Å². The number of carbonyl (C=O) groups is 1. The molecule has 0 aliphatic rings. The summed E-state index contributed by atoms with van der Waals surface area (Å²) in [5.74, 6) is -0.620. The van der Waals surface area contributed by atoms with E-state index in [1.165, 1.54) is 6.20 Å². The first-order chi connectivity index (χ1) is 10.3. The van der Waals surface area contributed by atoms with Crippen molar-refractivity contribution in [3.8, 4) is 0 Å². The molecule has 0 aliphatic carbocycles. The fourth-order valence-electron chi connectivity index (χ4n) is 2.07. The van der Waals surface area contributed by atoms with Crippen molar-refractivity contribution in [2.45, 2.75) is 13.0 Å². The highest BCUT2D eigenvalue weighted by molar-refractivity contribution is 5.74. The maximum atomic E-state index is 12.2. The Bertz CT molecular complexity index is 579. The van der Waals surface area contributed by atoms with Gasteiger partial charge in [0.05, 0.1) is 5.92 Å². The number of carbonyl (C=O) groups excluding carboxylic acids is 1. The van der Waals surface area contributed by atoms with Crippen LogP contribution in [0, 0.1) is 5.92 Å². The van der Waals surface area contributed by atoms with Crippen LogP contribution in [0.2, 0.25) is 0 Å². The molecule has 0 aromatic heterocycles. The first-order valence-electron chi connectivity index (χ1n) is 6.92. The van der Waals surface area contributed by atoms with Gasteiger partial charge in [-0.05, 0) is 23.7 Å². The summed E-state index contributed by atoms with van der Waals surface area (Å²) in [4.78, 5) is 12.2. The van der Waals surface area contributed by atoms with Crippen molar-refractivity contribution in [2.24, 2.45) is 11.7 Å². The Hall–Kier alpha value is -2.55. The Morgan fingerprint density at radius 1 is 1.00 bits per heavy atom. The summed E-state index contributed by atoms with van der Waals surface area (Å²) in [5, 5.41) is 0. The summed E-state index contributed by atoms with van der Waals surface area (Å²) in [6.07, 6.45) is 3.67. The summed E-state index contributed by atoms with van der Waals surface area (Å²) >= 11 is 0. The van der Waals surface area contributed by atoms with Gasteiger partial charge in [-0.15, -0.1) is 0 Å². The number of benzene rings is 2. The number of hydrogen-bond donors (Lipinski definition) is 1. The van der Waals surface area contributed by atoms with E-state index in [1.807, 2.05) is 60.7 Å². The lowest BCUT2D eigenvalue weighted by Gasteiger charge is -2.12. The van der Waals surface area contributed by atoms with Gasteiger partial charge in [0.15, 0.2) is 0 Å². The third-order valence-corrected chi connectivity index (χ3v) is 3.17. The Labute approximate surface area is 125 Å². The van der Waals surface area contributed by atoms with E-state index < -0.39 is 0 Å². The Balaban J connectivity index is 1.96. The standard InChI is InChI=1S/C18H19NO2/c19-12-11-17(13-15-7-3-1-4-8-15)18(20)21-14-16-9-5-2-6-10-16/h1-12,17H,13-14,19H2. The van der Waals surface area contributed by atoms with E-state index in [1.54, 1.807) is 6.08 Å². The van der Waals surface area contributed by atoms with E-state index >= 15 is 0 Å². The molecule has 3 nitrogen and oxygen atoms in total. The molecule has 2 N–H and O–H groups in total. The van der Waals surface area contributed by atoms with E-state index in [0.717, 1.165) is 11.1 Å². The van der Waals surface area contributed by atoms with Crippen LogP contribution in [0.25, 0.3) is 0 Å². The van der Waals surface area contributed by atoms with E-state index in [0.29, 0.717) is 6.42 Å². The largest absolute Gasteiger partial charge is 0.460 e. The van der Waals surface area contributed by atoms with Gasteiger partial charge < -0.3 is 10.5 Å². The van der Waals surface area contributed by atoms with Crippen molar-refractivity contribution in [3.05, 3.63) is 84.1 Å². The second-order valence-corrected chi connectivity index (χ2v) is 4.77. The van der Waals surface area contributed by atoms with Crippen molar-refractivity contribution in [2.75, 3.05) is 0 Å². The molecule has 0 bridgehead atoms. The fourth-order valence-corrected chi connectivity index (χ4v) is 2.07. The summed E-state index contributed by atoms with van der Waals surface area (Å²) in [6.45, 7) is 0.281. The van der Waals surface area contributed by atoms with Crippen molar-refractivity contribution < 1.29 is 9.53 Å². The average Bonchev–Trinajstić information content (AvgIpc) is 2.54. The predicted octanol–water partition coefficient (Wildman–Crippen LogP) is 3.06. The lowest BCUT2D eigenvalue weighted by Crippen LogP contribution is -2.18. The zero-order valence-electron chi connectivity index (χ0n) is 11.8. The molecule has 2 rings (SSSR count). The third-order valence-electron chi connectivity index (χ3n) is 3.17. The van der Waals surface area contributed by atoms with Crippen LogP contribution in [0.4, 0.5) is 0 Å². The minimum absolute atomic E-state index is 0.260. The van der Waals surface area contributed by atoms with E-state index in [4.69, 9.17) is 10.5 Å². The van der Waals surface area contributed by atoms with Crippen LogP contribution < -0.4 is 5.73 Å². The second-order valence-electron chi connectivity index (χ2n) is 4.77. The molecule has 1 unspecified atom stereocenters. The smallest absolute Gasteiger partial charge is 0.313 e. The van der Waals surface area contributed by atoms with E-state index in [9.17, 15) is 4.79 Å². The third kappa shape index (κ3) is 4.80. The van der Waals surface area contributed by atoms with Crippen LogP contribution in [0.1, 0.15) is 11.1 Å². The summed E-state index contributed by atoms with van der Waals surface area (Å²) in [7, 11) is 0. The van der Waals surface area contributed by atoms with E-state index in [-0.39, 0.29) is 18.5 Å². The van der Waals surface area contributed by atoms with Crippen LogP contribution >= 0.6 is 0 Å². The SMILES string of the molecule is NC=CC(Cc1ccccc1)C(=O)OCc1ccccc1. The van der Waals surface area contributed by atoms with Gasteiger partial charge in [-0.3, -0.25) is 4.79 Å². The molecule has 2 aromatic rings. The van der Waals surface area contributed by atoms with Gasteiger partial charge in [0.25, 0.3) is 0 Å². The topological polar surface area (TPSA) is 52.3 Å². The van der Waals surface area contributed by atoms with Crippen molar-refractivity contribution in [1.82, 2.24) is 0 Å². The molecule has 0 radical (unpaired) electrons. The maximum Gasteiger partial charge on any atom is 0.313 e. The van der Waals surface area contributed by atoms with Gasteiger partial charge in [-0.1, -0.05) is 66.7 Å². The quantitative estimate of drug-likeness (QED) is 0.828. The molecule has 3 heteroatoms. The molecule has 0 saturated carbocycles. The van der Waals surface area contributed by atoms with Gasteiger partial charge in [-0.25, -0.2) is 0 Å². The highest BCUT2D eigenvalue weighted by atomic mass is 16.5. The van der Waals surface area contributed by atoms with Crippen LogP contribution in [-0.4, -0.2) is 5.97 Å². The Kier molecular flexibility index (Phi) is 5.59. The molecule has 0 fully saturated rings. The second kappa shape index (κ2) is 7.90. The van der Waals surface area contributed by atoms with Crippen LogP contribution in [0.15, 0.2) is 72.9 Å². The highest BCUT2D eigenvalue weighted by Crippen LogP contribution is 2.13. The number of rotatable bonds is 6. The van der Waals surface area contributed by atoms with Gasteiger partial charge in [0.1, 0.15) is 6.61 Å². The molecule has 0 amide bonds. The van der Waals surface area contributed by atoms with E-state index in [2.05, 4.69) is 0 Å². The molecule has 0 aliphatic heterocycles. The molecule has 108 valence electrons. The molecule has 21 heavy (non-hydrogen) atoms. The maximum absolute atomic E-state index is 12.2. The average molecular weight is 281 g/mol. The number of ether oxygens (including phenoxy) is 1. The number of esters is 1.